The molecule has 0 aliphatic heterocycles. The normalized spacial score (nSPS) is 25.9. The Bertz CT molecular complexity index is 1470. The summed E-state index contributed by atoms with van der Waals surface area (Å²) in [5.74, 6) is -3.48. The van der Waals surface area contributed by atoms with Crippen molar-refractivity contribution in [2.45, 2.75) is 16.9 Å². The molecule has 2 aliphatic rings. The van der Waals surface area contributed by atoms with Crippen LogP contribution in [-0.4, -0.2) is 27.8 Å². The van der Waals surface area contributed by atoms with E-state index >= 15 is 4.79 Å². The lowest BCUT2D eigenvalue weighted by atomic mass is 9.61. The molecule has 4 aromatic rings. The van der Waals surface area contributed by atoms with Crippen LogP contribution in [0.4, 0.5) is 0 Å². The number of aliphatic carboxylic acids is 1. The van der Waals surface area contributed by atoms with Gasteiger partial charge in [-0.25, -0.2) is 0 Å². The van der Waals surface area contributed by atoms with E-state index in [1.54, 1.807) is 60.7 Å². The predicted octanol–water partition coefficient (Wildman–Crippen LogP) is 5.42. The largest absolute Gasteiger partial charge is 0.481 e. The lowest BCUT2D eigenvalue weighted by molar-refractivity contribution is -0.534. The molecule has 0 amide bonds. The minimum Gasteiger partial charge on any atom is -0.481 e. The molecule has 186 valence electrons. The fourth-order valence-corrected chi connectivity index (χ4v) is 6.86. The molecule has 0 radical (unpaired) electrons. The minimum atomic E-state index is -1.82. The van der Waals surface area contributed by atoms with Gasteiger partial charge in [0.05, 0.1) is 0 Å². The van der Waals surface area contributed by atoms with Crippen LogP contribution < -0.4 is 0 Å². The van der Waals surface area contributed by atoms with Crippen LogP contribution in [0, 0.1) is 16.0 Å². The molecule has 0 saturated heterocycles. The molecule has 1 saturated carbocycles. The molecule has 6 rings (SSSR count). The average Bonchev–Trinajstić information content (AvgIpc) is 3.34. The fraction of sp³-hybridized carbons (Fsp3) is 0.125. The smallest absolute Gasteiger partial charge is 0.315 e. The first-order valence-electron chi connectivity index (χ1n) is 12.3. The van der Waals surface area contributed by atoms with Crippen molar-refractivity contribution in [1.82, 2.24) is 0 Å². The van der Waals surface area contributed by atoms with Crippen molar-refractivity contribution in [2.24, 2.45) is 5.92 Å². The Morgan fingerprint density at radius 1 is 0.658 bits per heavy atom. The van der Waals surface area contributed by atoms with Crippen LogP contribution in [0.1, 0.15) is 22.3 Å². The van der Waals surface area contributed by atoms with Gasteiger partial charge in [0.2, 0.25) is 6.04 Å². The molecule has 38 heavy (non-hydrogen) atoms. The van der Waals surface area contributed by atoms with Crippen LogP contribution in [0.2, 0.25) is 0 Å². The van der Waals surface area contributed by atoms with Crippen molar-refractivity contribution in [3.05, 3.63) is 154 Å². The van der Waals surface area contributed by atoms with Crippen molar-refractivity contribution in [1.29, 1.82) is 0 Å². The third-order valence-electron chi connectivity index (χ3n) is 8.06. The Hall–Kier alpha value is -4.84. The van der Waals surface area contributed by atoms with E-state index < -0.39 is 39.5 Å². The van der Waals surface area contributed by atoms with Gasteiger partial charge in [-0.1, -0.05) is 121 Å². The predicted molar refractivity (Wildman–Crippen MR) is 143 cm³/mol. The minimum absolute atomic E-state index is 0.417. The van der Waals surface area contributed by atoms with Gasteiger partial charge in [-0.2, -0.15) is 0 Å². The Morgan fingerprint density at radius 2 is 1.03 bits per heavy atom. The Kier molecular flexibility index (Phi) is 5.35. The molecule has 4 aromatic carbocycles. The molecule has 6 nitrogen and oxygen atoms in total. The summed E-state index contributed by atoms with van der Waals surface area (Å²) >= 11 is 0. The quantitative estimate of drug-likeness (QED) is 0.281. The summed E-state index contributed by atoms with van der Waals surface area (Å²) in [6.45, 7) is 0. The van der Waals surface area contributed by atoms with E-state index in [1.165, 1.54) is 0 Å². The molecule has 2 bridgehead atoms. The maximum atomic E-state index is 15.2. The second-order valence-corrected chi connectivity index (χ2v) is 9.71. The number of benzene rings is 4. The number of nitro groups is 1. The SMILES string of the molecule is O=C(O)[C@H]1[C@H]([N+](=O)[O-])[C@@]2(c3ccccc3)C(=O)[C@]1(c1ccccc1)C(c1ccccc1)=C2c1ccccc1. The third-order valence-corrected chi connectivity index (χ3v) is 8.06. The number of hydrogen-bond donors (Lipinski definition) is 1. The van der Waals surface area contributed by atoms with E-state index in [2.05, 4.69) is 0 Å². The Labute approximate surface area is 219 Å². The van der Waals surface area contributed by atoms with Gasteiger partial charge in [0, 0.05) is 4.92 Å². The molecule has 0 unspecified atom stereocenters. The van der Waals surface area contributed by atoms with Crippen LogP contribution in [0.5, 0.6) is 0 Å². The van der Waals surface area contributed by atoms with Crippen LogP contribution in [0.15, 0.2) is 121 Å². The maximum Gasteiger partial charge on any atom is 0.315 e. The van der Waals surface area contributed by atoms with E-state index in [1.807, 2.05) is 60.7 Å². The van der Waals surface area contributed by atoms with Crippen molar-refractivity contribution >= 4 is 22.9 Å². The highest BCUT2D eigenvalue weighted by Crippen LogP contribution is 2.70. The summed E-state index contributed by atoms with van der Waals surface area (Å²) in [5, 5.41) is 23.7. The number of fused-ring (bicyclic) bond motifs is 2. The van der Waals surface area contributed by atoms with Gasteiger partial charge >= 0.3 is 5.97 Å². The van der Waals surface area contributed by atoms with Crippen molar-refractivity contribution in [3.8, 4) is 0 Å². The lowest BCUT2D eigenvalue weighted by Crippen LogP contribution is -2.51. The molecule has 0 heterocycles. The van der Waals surface area contributed by atoms with Crippen LogP contribution in [-0.2, 0) is 20.4 Å². The molecule has 0 spiro atoms. The number of hydrogen-bond acceptors (Lipinski definition) is 4. The number of carbonyl (C=O) groups excluding carboxylic acids is 1. The van der Waals surface area contributed by atoms with Crippen molar-refractivity contribution in [2.75, 3.05) is 0 Å². The average molecular weight is 502 g/mol. The summed E-state index contributed by atoms with van der Waals surface area (Å²) in [4.78, 5) is 40.8. The Balaban J connectivity index is 1.90. The fourth-order valence-electron chi connectivity index (χ4n) is 6.86. The summed E-state index contributed by atoms with van der Waals surface area (Å²) in [5.41, 5.74) is -0.444. The number of carbonyl (C=O) groups is 2. The highest BCUT2D eigenvalue weighted by Gasteiger charge is 2.83. The lowest BCUT2D eigenvalue weighted by Gasteiger charge is -2.38. The molecular formula is C32H23NO5. The molecule has 1 fully saturated rings. The second-order valence-electron chi connectivity index (χ2n) is 9.71. The summed E-state index contributed by atoms with van der Waals surface area (Å²) < 4.78 is 0. The first-order valence-corrected chi connectivity index (χ1v) is 12.3. The van der Waals surface area contributed by atoms with E-state index in [0.717, 1.165) is 0 Å². The second kappa shape index (κ2) is 8.63. The number of carboxylic acid groups (broad SMARTS) is 1. The summed E-state index contributed by atoms with van der Waals surface area (Å²) in [6.07, 6.45) is 0. The van der Waals surface area contributed by atoms with E-state index in [4.69, 9.17) is 0 Å². The van der Waals surface area contributed by atoms with Gasteiger partial charge < -0.3 is 5.11 Å². The van der Waals surface area contributed by atoms with Crippen molar-refractivity contribution in [3.63, 3.8) is 0 Å². The van der Waals surface area contributed by atoms with Gasteiger partial charge in [0.1, 0.15) is 16.7 Å². The van der Waals surface area contributed by atoms with E-state index in [0.29, 0.717) is 33.4 Å². The van der Waals surface area contributed by atoms with Crippen LogP contribution >= 0.6 is 0 Å². The van der Waals surface area contributed by atoms with E-state index in [-0.39, 0.29) is 0 Å². The first-order chi connectivity index (χ1) is 18.5. The van der Waals surface area contributed by atoms with Crippen LogP contribution in [0.3, 0.4) is 0 Å². The topological polar surface area (TPSA) is 97.5 Å². The summed E-state index contributed by atoms with van der Waals surface area (Å²) in [6, 6.07) is 33.9. The molecule has 6 heteroatoms. The molecule has 2 aliphatic carbocycles. The highest BCUT2D eigenvalue weighted by molar-refractivity contribution is 6.31. The molecule has 4 atom stereocenters. The summed E-state index contributed by atoms with van der Waals surface area (Å²) in [7, 11) is 0. The number of ketones is 1. The zero-order valence-corrected chi connectivity index (χ0v) is 20.2. The van der Waals surface area contributed by atoms with Gasteiger partial charge in [0.25, 0.3) is 0 Å². The molecular weight excluding hydrogens is 478 g/mol. The van der Waals surface area contributed by atoms with Gasteiger partial charge in [-0.15, -0.1) is 0 Å². The standard InChI is InChI=1S/C32H23NO5/c34-29(35)27-28(33(37)38)32(24-19-11-4-12-20-24)26(22-15-7-2-8-16-22)25(21-13-5-1-6-14-21)31(27,30(32)36)23-17-9-3-10-18-23/h1-20,27-28H,(H,34,35)/t27-,28+,31-,32+/m1/s1. The van der Waals surface area contributed by atoms with Gasteiger partial charge in [-0.3, -0.25) is 19.7 Å². The maximum absolute atomic E-state index is 15.2. The van der Waals surface area contributed by atoms with Gasteiger partial charge in [0.15, 0.2) is 5.78 Å². The zero-order chi connectivity index (χ0) is 26.5. The number of Topliss-reactive ketones (excluding diaryl/α,β-unsaturated/α-hetero) is 1. The zero-order valence-electron chi connectivity index (χ0n) is 20.2. The highest BCUT2D eigenvalue weighted by atomic mass is 16.6. The van der Waals surface area contributed by atoms with Gasteiger partial charge in [-0.05, 0) is 33.4 Å². The number of allylic oxidation sites excluding steroid dienone is 1. The van der Waals surface area contributed by atoms with Crippen LogP contribution in [0.25, 0.3) is 11.1 Å². The first kappa shape index (κ1) is 23.6. The Morgan fingerprint density at radius 3 is 1.42 bits per heavy atom. The number of rotatable bonds is 6. The van der Waals surface area contributed by atoms with Crippen molar-refractivity contribution < 1.29 is 19.6 Å². The molecule has 0 aromatic heterocycles. The number of carboxylic acids is 1. The van der Waals surface area contributed by atoms with E-state index in [9.17, 15) is 20.0 Å². The third kappa shape index (κ3) is 2.88. The number of nitrogens with zero attached hydrogens (tertiary/aromatic N) is 1. The monoisotopic (exact) mass is 501 g/mol. The molecule has 1 N–H and O–H groups in total.